The van der Waals surface area contributed by atoms with E-state index < -0.39 is 10.0 Å². The molecule has 4 atom stereocenters. The molecule has 0 radical (unpaired) electrons. The lowest BCUT2D eigenvalue weighted by molar-refractivity contribution is 0.0629. The van der Waals surface area contributed by atoms with Crippen molar-refractivity contribution in [1.29, 1.82) is 0 Å². The standard InChI is InChI=1S/C26H27N5O5S/c1-2-36-23-9-22(29-21-6-4-3-5-16(21)23)26(33)31-13-19-17-11-30(12-18(17)20(19)14-31)25(32)15-7-8-24(28-10-15)37(27,34)35/h3-10,17-20H,2,11-14H2,1H3,(H2,27,34,35)/t17-,18+,19?,20?. The zero-order valence-corrected chi connectivity index (χ0v) is 21.1. The first-order valence-corrected chi connectivity index (χ1v) is 13.9. The van der Waals surface area contributed by atoms with Gasteiger partial charge in [0.15, 0.2) is 5.03 Å². The van der Waals surface area contributed by atoms with Gasteiger partial charge in [0.25, 0.3) is 21.8 Å². The van der Waals surface area contributed by atoms with Crippen LogP contribution in [0.3, 0.4) is 0 Å². The van der Waals surface area contributed by atoms with Crippen molar-refractivity contribution in [2.45, 2.75) is 11.9 Å². The molecule has 2 saturated heterocycles. The van der Waals surface area contributed by atoms with Gasteiger partial charge >= 0.3 is 0 Å². The number of hydrogen-bond donors (Lipinski definition) is 1. The second-order valence-electron chi connectivity index (χ2n) is 9.96. The van der Waals surface area contributed by atoms with Crippen LogP contribution < -0.4 is 9.88 Å². The second kappa shape index (κ2) is 8.77. The number of hydrogen-bond acceptors (Lipinski definition) is 7. The molecule has 2 aromatic heterocycles. The van der Waals surface area contributed by atoms with Gasteiger partial charge in [-0.1, -0.05) is 12.1 Å². The molecular formula is C26H27N5O5S. The predicted molar refractivity (Wildman–Crippen MR) is 134 cm³/mol. The van der Waals surface area contributed by atoms with E-state index in [2.05, 4.69) is 9.97 Å². The van der Waals surface area contributed by atoms with Gasteiger partial charge in [0.1, 0.15) is 11.4 Å². The zero-order chi connectivity index (χ0) is 25.9. The fourth-order valence-corrected chi connectivity index (χ4v) is 6.71. The minimum Gasteiger partial charge on any atom is -0.493 e. The fourth-order valence-electron chi connectivity index (χ4n) is 6.25. The molecule has 1 aliphatic carbocycles. The van der Waals surface area contributed by atoms with Gasteiger partial charge in [-0.2, -0.15) is 0 Å². The molecule has 1 aromatic carbocycles. The minimum atomic E-state index is -3.91. The number of pyridine rings is 2. The Morgan fingerprint density at radius 3 is 2.16 bits per heavy atom. The van der Waals surface area contributed by atoms with Crippen LogP contribution in [0.25, 0.3) is 10.9 Å². The summed E-state index contributed by atoms with van der Waals surface area (Å²) in [6.45, 7) is 4.95. The van der Waals surface area contributed by atoms with Gasteiger partial charge in [0.2, 0.25) is 0 Å². The first kappa shape index (κ1) is 23.8. The molecule has 3 fully saturated rings. The summed E-state index contributed by atoms with van der Waals surface area (Å²) >= 11 is 0. The van der Waals surface area contributed by atoms with Crippen LogP contribution in [-0.2, 0) is 10.0 Å². The Bertz CT molecular complexity index is 1490. The van der Waals surface area contributed by atoms with Crippen LogP contribution in [0, 0.1) is 23.7 Å². The van der Waals surface area contributed by atoms with Crippen molar-refractivity contribution >= 4 is 32.7 Å². The van der Waals surface area contributed by atoms with E-state index in [1.807, 2.05) is 41.0 Å². The molecule has 3 aliphatic rings. The number of aromatic nitrogens is 2. The number of para-hydroxylation sites is 1. The van der Waals surface area contributed by atoms with Crippen LogP contribution in [-0.4, -0.2) is 72.8 Å². The number of nitrogens with two attached hydrogens (primary N) is 1. The Morgan fingerprint density at radius 2 is 1.59 bits per heavy atom. The number of carbonyl (C=O) groups is 2. The van der Waals surface area contributed by atoms with Crippen molar-refractivity contribution in [3.63, 3.8) is 0 Å². The molecule has 2 N–H and O–H groups in total. The second-order valence-corrected chi connectivity index (χ2v) is 11.5. The molecule has 0 bridgehead atoms. The monoisotopic (exact) mass is 521 g/mol. The summed E-state index contributed by atoms with van der Waals surface area (Å²) in [5.74, 6) is 1.78. The quantitative estimate of drug-likeness (QED) is 0.540. The first-order valence-electron chi connectivity index (χ1n) is 12.3. The number of fused-ring (bicyclic) bond motifs is 5. The highest BCUT2D eigenvalue weighted by Gasteiger charge is 2.59. The van der Waals surface area contributed by atoms with Crippen molar-refractivity contribution in [1.82, 2.24) is 19.8 Å². The summed E-state index contributed by atoms with van der Waals surface area (Å²) in [7, 11) is -3.91. The Labute approximate surface area is 214 Å². The van der Waals surface area contributed by atoms with Crippen LogP contribution in [0.4, 0.5) is 0 Å². The van der Waals surface area contributed by atoms with E-state index in [1.165, 1.54) is 18.3 Å². The smallest absolute Gasteiger partial charge is 0.272 e. The third-order valence-corrected chi connectivity index (χ3v) is 8.80. The fraction of sp³-hybridized carbons (Fsp3) is 0.385. The zero-order valence-electron chi connectivity index (χ0n) is 20.3. The Morgan fingerprint density at radius 1 is 0.973 bits per heavy atom. The van der Waals surface area contributed by atoms with Gasteiger partial charge in [0.05, 0.1) is 17.7 Å². The maximum Gasteiger partial charge on any atom is 0.272 e. The predicted octanol–water partition coefficient (Wildman–Crippen LogP) is 1.77. The van der Waals surface area contributed by atoms with Crippen molar-refractivity contribution in [3.8, 4) is 5.75 Å². The third kappa shape index (κ3) is 4.02. The molecule has 3 aromatic rings. The molecule has 11 heteroatoms. The normalized spacial score (nSPS) is 24.5. The lowest BCUT2D eigenvalue weighted by Crippen LogP contribution is -2.44. The lowest BCUT2D eigenvalue weighted by Gasteiger charge is -2.42. The van der Waals surface area contributed by atoms with Gasteiger partial charge in [-0.25, -0.2) is 23.5 Å². The number of primary sulfonamides is 1. The topological polar surface area (TPSA) is 136 Å². The Balaban J connectivity index is 1.13. The van der Waals surface area contributed by atoms with Crippen LogP contribution in [0.15, 0.2) is 53.7 Å². The molecule has 4 heterocycles. The number of ether oxygens (including phenoxy) is 1. The maximum absolute atomic E-state index is 13.4. The highest BCUT2D eigenvalue weighted by Crippen LogP contribution is 2.54. The van der Waals surface area contributed by atoms with Gasteiger partial charge in [-0.3, -0.25) is 9.59 Å². The number of rotatable bonds is 5. The molecule has 6 rings (SSSR count). The molecule has 0 spiro atoms. The van der Waals surface area contributed by atoms with Gasteiger partial charge in [-0.15, -0.1) is 0 Å². The van der Waals surface area contributed by atoms with Gasteiger partial charge in [-0.05, 0) is 54.9 Å². The van der Waals surface area contributed by atoms with E-state index in [0.29, 0.717) is 73.5 Å². The molecule has 10 nitrogen and oxygen atoms in total. The molecule has 192 valence electrons. The van der Waals surface area contributed by atoms with E-state index in [-0.39, 0.29) is 16.8 Å². The molecule has 2 aliphatic heterocycles. The number of benzene rings is 1. The van der Waals surface area contributed by atoms with E-state index >= 15 is 0 Å². The van der Waals surface area contributed by atoms with E-state index in [9.17, 15) is 18.0 Å². The minimum absolute atomic E-state index is 0.0897. The number of amides is 2. The molecule has 2 unspecified atom stereocenters. The Kier molecular flexibility index (Phi) is 5.64. The third-order valence-electron chi connectivity index (χ3n) is 7.97. The summed E-state index contributed by atoms with van der Waals surface area (Å²) in [4.78, 5) is 38.6. The summed E-state index contributed by atoms with van der Waals surface area (Å²) in [6.07, 6.45) is 1.26. The number of likely N-dealkylation sites (tertiary alicyclic amines) is 2. The van der Waals surface area contributed by atoms with E-state index in [0.717, 1.165) is 10.9 Å². The van der Waals surface area contributed by atoms with Crippen molar-refractivity contribution in [2.75, 3.05) is 32.8 Å². The summed E-state index contributed by atoms with van der Waals surface area (Å²) < 4.78 is 28.6. The summed E-state index contributed by atoms with van der Waals surface area (Å²) in [6, 6.07) is 12.1. The first-order chi connectivity index (χ1) is 17.7. The van der Waals surface area contributed by atoms with Gasteiger partial charge < -0.3 is 14.5 Å². The molecule has 1 saturated carbocycles. The number of nitrogens with zero attached hydrogens (tertiary/aromatic N) is 4. The molecule has 2 amide bonds. The maximum atomic E-state index is 13.4. The molecule has 37 heavy (non-hydrogen) atoms. The average Bonchev–Trinajstić information content (AvgIpc) is 3.46. The number of carbonyl (C=O) groups excluding carboxylic acids is 2. The lowest BCUT2D eigenvalue weighted by atomic mass is 9.60. The van der Waals surface area contributed by atoms with Crippen LogP contribution in [0.2, 0.25) is 0 Å². The van der Waals surface area contributed by atoms with E-state index in [1.54, 1.807) is 6.07 Å². The van der Waals surface area contributed by atoms with E-state index in [4.69, 9.17) is 9.88 Å². The van der Waals surface area contributed by atoms with Crippen LogP contribution >= 0.6 is 0 Å². The highest BCUT2D eigenvalue weighted by molar-refractivity contribution is 7.89. The van der Waals surface area contributed by atoms with Crippen molar-refractivity contribution < 1.29 is 22.7 Å². The SMILES string of the molecule is CCOc1cc(C(=O)N2CC3C(C2)[C@@H]2CN(C(=O)c4ccc(S(N)(=O)=O)nc4)C[C@H]32)nc2ccccc12. The highest BCUT2D eigenvalue weighted by atomic mass is 32.2. The van der Waals surface area contributed by atoms with Crippen molar-refractivity contribution in [3.05, 3.63) is 59.9 Å². The largest absolute Gasteiger partial charge is 0.493 e. The summed E-state index contributed by atoms with van der Waals surface area (Å²) in [5, 5.41) is 5.71. The average molecular weight is 522 g/mol. The van der Waals surface area contributed by atoms with Crippen molar-refractivity contribution in [2.24, 2.45) is 28.8 Å². The van der Waals surface area contributed by atoms with Gasteiger partial charge in [0, 0.05) is 43.8 Å². The van der Waals surface area contributed by atoms with Crippen LogP contribution in [0.1, 0.15) is 27.8 Å². The number of sulfonamides is 1. The van der Waals surface area contributed by atoms with Crippen LogP contribution in [0.5, 0.6) is 5.75 Å². The summed E-state index contributed by atoms with van der Waals surface area (Å²) in [5.41, 5.74) is 1.46. The Hall–Kier alpha value is -3.57. The molecular weight excluding hydrogens is 494 g/mol.